The number of hydrogen-bond donors (Lipinski definition) is 4. The van der Waals surface area contributed by atoms with Crippen LogP contribution in [0.5, 0.6) is 0 Å². The summed E-state index contributed by atoms with van der Waals surface area (Å²) in [5.74, 6) is -2.56. The lowest BCUT2D eigenvalue weighted by Gasteiger charge is -2.27. The number of para-hydroxylation sites is 2. The first-order chi connectivity index (χ1) is 14.3. The third-order valence-electron chi connectivity index (χ3n) is 5.08. The molecule has 0 bridgehead atoms. The quantitative estimate of drug-likeness (QED) is 0.195. The first kappa shape index (κ1) is 23.3. The summed E-state index contributed by atoms with van der Waals surface area (Å²) in [5, 5.41) is 11.9. The maximum absolute atomic E-state index is 13.1. The molecule has 0 aliphatic carbocycles. The summed E-state index contributed by atoms with van der Waals surface area (Å²) in [7, 11) is 0. The van der Waals surface area contributed by atoms with Gasteiger partial charge in [-0.25, -0.2) is 10.5 Å². The van der Waals surface area contributed by atoms with Gasteiger partial charge in [0.2, 0.25) is 17.6 Å². The molecule has 8 heteroatoms. The van der Waals surface area contributed by atoms with Crippen molar-refractivity contribution >= 4 is 28.6 Å². The topological polar surface area (TPSA) is 124 Å². The second-order valence-corrected chi connectivity index (χ2v) is 7.78. The molecule has 0 aliphatic rings. The average molecular weight is 415 g/mol. The van der Waals surface area contributed by atoms with Gasteiger partial charge >= 0.3 is 0 Å². The van der Waals surface area contributed by atoms with E-state index in [0.717, 1.165) is 5.52 Å². The van der Waals surface area contributed by atoms with Crippen molar-refractivity contribution in [1.29, 1.82) is 0 Å². The molecule has 30 heavy (non-hydrogen) atoms. The lowest BCUT2D eigenvalue weighted by molar-refractivity contribution is -0.140. The highest BCUT2D eigenvalue weighted by atomic mass is 16.5. The molecule has 0 spiro atoms. The Balaban J connectivity index is 2.24. The molecule has 3 atom stereocenters. The Morgan fingerprint density at radius 2 is 1.90 bits per heavy atom. The van der Waals surface area contributed by atoms with Crippen LogP contribution in [0.2, 0.25) is 0 Å². The second kappa shape index (κ2) is 10.7. The highest BCUT2D eigenvalue weighted by Crippen LogP contribution is 2.25. The molecule has 1 heterocycles. The third kappa shape index (κ3) is 5.54. The van der Waals surface area contributed by atoms with Crippen LogP contribution in [-0.4, -0.2) is 38.8 Å². The molecule has 162 valence electrons. The van der Waals surface area contributed by atoms with Gasteiger partial charge in [0.05, 0.1) is 28.9 Å². The predicted molar refractivity (Wildman–Crippen MR) is 114 cm³/mol. The van der Waals surface area contributed by atoms with Gasteiger partial charge in [-0.05, 0) is 37.3 Å². The number of hydrogen-bond acceptors (Lipinski definition) is 5. The van der Waals surface area contributed by atoms with E-state index in [4.69, 9.17) is 5.21 Å². The lowest BCUT2D eigenvalue weighted by Crippen LogP contribution is -2.47. The minimum Gasteiger partial charge on any atom is -0.346 e. The molecule has 1 aromatic heterocycles. The number of aromatic nitrogens is 2. The van der Waals surface area contributed by atoms with Crippen molar-refractivity contribution in [1.82, 2.24) is 20.8 Å². The molecule has 2 aromatic rings. The molecule has 0 radical (unpaired) electrons. The zero-order chi connectivity index (χ0) is 22.3. The van der Waals surface area contributed by atoms with Crippen molar-refractivity contribution in [2.75, 3.05) is 0 Å². The number of nitrogens with zero attached hydrogens (tertiary/aromatic N) is 1. The summed E-state index contributed by atoms with van der Waals surface area (Å²) >= 11 is 0. The Hall–Kier alpha value is -3.00. The lowest BCUT2D eigenvalue weighted by atomic mass is 9.82. The predicted octanol–water partition coefficient (Wildman–Crippen LogP) is 3.00. The van der Waals surface area contributed by atoms with Gasteiger partial charge in [0, 0.05) is 0 Å². The normalized spacial score (nSPS) is 14.2. The Morgan fingerprint density at radius 1 is 1.20 bits per heavy atom. The van der Waals surface area contributed by atoms with E-state index in [1.807, 2.05) is 32.0 Å². The van der Waals surface area contributed by atoms with Crippen LogP contribution in [0, 0.1) is 17.8 Å². The van der Waals surface area contributed by atoms with E-state index in [-0.39, 0.29) is 23.9 Å². The minimum atomic E-state index is -0.784. The van der Waals surface area contributed by atoms with Gasteiger partial charge in [0.1, 0.15) is 0 Å². The number of imidazole rings is 1. The maximum atomic E-state index is 13.1. The number of amides is 2. The monoisotopic (exact) mass is 414 g/mol. The van der Waals surface area contributed by atoms with Crippen LogP contribution < -0.4 is 10.8 Å². The molecule has 1 aromatic carbocycles. The van der Waals surface area contributed by atoms with Crippen molar-refractivity contribution in [2.24, 2.45) is 17.8 Å². The molecule has 2 unspecified atom stereocenters. The van der Waals surface area contributed by atoms with Crippen molar-refractivity contribution in [3.63, 3.8) is 0 Å². The first-order valence-corrected chi connectivity index (χ1v) is 10.2. The molecule has 0 saturated carbocycles. The van der Waals surface area contributed by atoms with E-state index in [0.29, 0.717) is 18.4 Å². The number of H-pyrrole nitrogens is 1. The molecule has 0 fully saturated rings. The number of carbonyl (C=O) groups is 3. The minimum absolute atomic E-state index is 0.130. The number of benzene rings is 1. The zero-order valence-corrected chi connectivity index (χ0v) is 17.6. The van der Waals surface area contributed by atoms with Gasteiger partial charge in [-0.1, -0.05) is 39.0 Å². The number of Topliss-reactive ketones (excluding diaryl/α,β-unsaturated/α-hetero) is 1. The first-order valence-electron chi connectivity index (χ1n) is 10.2. The van der Waals surface area contributed by atoms with Gasteiger partial charge in [0.25, 0.3) is 0 Å². The molecule has 4 N–H and O–H groups in total. The van der Waals surface area contributed by atoms with Crippen LogP contribution in [0.25, 0.3) is 11.0 Å². The van der Waals surface area contributed by atoms with Crippen LogP contribution in [0.4, 0.5) is 0 Å². The molecule has 8 nitrogen and oxygen atoms in total. The number of aromatic amines is 1. The molecule has 0 saturated heterocycles. The Morgan fingerprint density at radius 3 is 2.47 bits per heavy atom. The van der Waals surface area contributed by atoms with Crippen LogP contribution in [0.15, 0.2) is 36.9 Å². The van der Waals surface area contributed by atoms with Crippen molar-refractivity contribution < 1.29 is 19.6 Å². The highest BCUT2D eigenvalue weighted by molar-refractivity contribution is 6.01. The average Bonchev–Trinajstić information content (AvgIpc) is 3.17. The van der Waals surface area contributed by atoms with Gasteiger partial charge in [0.15, 0.2) is 5.82 Å². The van der Waals surface area contributed by atoms with E-state index in [9.17, 15) is 14.4 Å². The van der Waals surface area contributed by atoms with Crippen molar-refractivity contribution in [2.45, 2.75) is 46.1 Å². The number of ketones is 1. The fraction of sp³-hybridized carbons (Fsp3) is 0.455. The van der Waals surface area contributed by atoms with Gasteiger partial charge < -0.3 is 10.3 Å². The van der Waals surface area contributed by atoms with E-state index in [2.05, 4.69) is 21.9 Å². The zero-order valence-electron chi connectivity index (χ0n) is 17.6. The summed E-state index contributed by atoms with van der Waals surface area (Å²) in [5.41, 5.74) is 3.05. The largest absolute Gasteiger partial charge is 0.346 e. The van der Waals surface area contributed by atoms with Gasteiger partial charge in [-0.3, -0.25) is 19.6 Å². The third-order valence-corrected chi connectivity index (χ3v) is 5.08. The number of carbonyl (C=O) groups excluding carboxylic acids is 3. The summed E-state index contributed by atoms with van der Waals surface area (Å²) < 4.78 is 0. The number of hydroxylamine groups is 1. The SMILES string of the molecule is C=CC[C@H](C(=O)NO)C(CC(C)C)C(=O)NC(CC)C(=O)c1nc2ccccc2[nH]1. The second-order valence-electron chi connectivity index (χ2n) is 7.78. The van der Waals surface area contributed by atoms with E-state index in [1.165, 1.54) is 6.08 Å². The molecular weight excluding hydrogens is 384 g/mol. The fourth-order valence-electron chi connectivity index (χ4n) is 3.54. The molecule has 2 rings (SSSR count). The summed E-state index contributed by atoms with van der Waals surface area (Å²) in [6, 6.07) is 6.52. The van der Waals surface area contributed by atoms with Gasteiger partial charge in [-0.15, -0.1) is 6.58 Å². The number of rotatable bonds is 11. The summed E-state index contributed by atoms with van der Waals surface area (Å²) in [6.07, 6.45) is 2.56. The molecular formula is C22H30N4O4. The Bertz CT molecular complexity index is 872. The van der Waals surface area contributed by atoms with Crippen LogP contribution >= 0.6 is 0 Å². The highest BCUT2D eigenvalue weighted by Gasteiger charge is 2.35. The Labute approximate surface area is 176 Å². The Kier molecular flexibility index (Phi) is 8.29. The molecule has 0 aliphatic heterocycles. The number of fused-ring (bicyclic) bond motifs is 1. The summed E-state index contributed by atoms with van der Waals surface area (Å²) in [6.45, 7) is 9.33. The van der Waals surface area contributed by atoms with E-state index in [1.54, 1.807) is 18.5 Å². The van der Waals surface area contributed by atoms with Crippen LogP contribution in [-0.2, 0) is 9.59 Å². The van der Waals surface area contributed by atoms with Crippen molar-refractivity contribution in [3.05, 3.63) is 42.7 Å². The van der Waals surface area contributed by atoms with E-state index < -0.39 is 29.7 Å². The standard InChI is InChI=1S/C22H30N4O4/c1-5-9-14(22(29)26-30)15(12-13(3)4)21(28)25-16(6-2)19(27)20-23-17-10-7-8-11-18(17)24-20/h5,7-8,10-11,13-16,30H,1,6,9,12H2,2-4H3,(H,23,24)(H,25,28)(H,26,29)/t14-,15?,16?/m0/s1. The van der Waals surface area contributed by atoms with Crippen LogP contribution in [0.3, 0.4) is 0 Å². The smallest absolute Gasteiger partial charge is 0.247 e. The maximum Gasteiger partial charge on any atom is 0.247 e. The van der Waals surface area contributed by atoms with Crippen LogP contribution in [0.1, 0.15) is 50.7 Å². The van der Waals surface area contributed by atoms with Crippen molar-refractivity contribution in [3.8, 4) is 0 Å². The van der Waals surface area contributed by atoms with Gasteiger partial charge in [-0.2, -0.15) is 0 Å². The van der Waals surface area contributed by atoms with E-state index >= 15 is 0 Å². The molecule has 2 amide bonds. The number of nitrogens with one attached hydrogen (secondary N) is 3. The summed E-state index contributed by atoms with van der Waals surface area (Å²) in [4.78, 5) is 45.6. The number of allylic oxidation sites excluding steroid dienone is 1. The fourth-order valence-corrected chi connectivity index (χ4v) is 3.54.